The van der Waals surface area contributed by atoms with Crippen LogP contribution in [0.3, 0.4) is 0 Å². The van der Waals surface area contributed by atoms with Gasteiger partial charge in [-0.15, -0.1) is 0 Å². The molecule has 1 saturated heterocycles. The maximum Gasteiger partial charge on any atom is 0.223 e. The SMILES string of the molecule is NC1=C[C@]2(CN1)c1cc(O)ccc1Oc1ncc(N3CCOCC3)cc12. The third kappa shape index (κ3) is 2.20. The molecule has 3 aliphatic heterocycles. The van der Waals surface area contributed by atoms with Crippen LogP contribution in [0.5, 0.6) is 17.4 Å². The first-order valence-corrected chi connectivity index (χ1v) is 8.72. The number of hydrogen-bond acceptors (Lipinski definition) is 7. The fourth-order valence-corrected chi connectivity index (χ4v) is 4.00. The highest BCUT2D eigenvalue weighted by molar-refractivity contribution is 5.65. The molecule has 0 bridgehead atoms. The monoisotopic (exact) mass is 352 g/mol. The lowest BCUT2D eigenvalue weighted by Gasteiger charge is -2.36. The molecule has 1 atom stereocenters. The zero-order chi connectivity index (χ0) is 17.7. The molecular weight excluding hydrogens is 332 g/mol. The van der Waals surface area contributed by atoms with Gasteiger partial charge in [-0.2, -0.15) is 0 Å². The Labute approximate surface area is 151 Å². The lowest BCUT2D eigenvalue weighted by molar-refractivity contribution is 0.122. The van der Waals surface area contributed by atoms with Crippen LogP contribution in [0.1, 0.15) is 11.1 Å². The average Bonchev–Trinajstić information content (AvgIpc) is 3.06. The van der Waals surface area contributed by atoms with Crippen LogP contribution >= 0.6 is 0 Å². The predicted molar refractivity (Wildman–Crippen MR) is 96.5 cm³/mol. The summed E-state index contributed by atoms with van der Waals surface area (Å²) in [6.45, 7) is 3.69. The summed E-state index contributed by atoms with van der Waals surface area (Å²) in [7, 11) is 0. The van der Waals surface area contributed by atoms with Gasteiger partial charge in [0.2, 0.25) is 5.88 Å². The van der Waals surface area contributed by atoms with Crippen LogP contribution in [0, 0.1) is 0 Å². The third-order valence-corrected chi connectivity index (χ3v) is 5.32. The first-order chi connectivity index (χ1) is 12.7. The second-order valence-electron chi connectivity index (χ2n) is 6.85. The van der Waals surface area contributed by atoms with Gasteiger partial charge in [-0.25, -0.2) is 4.98 Å². The number of rotatable bonds is 1. The Morgan fingerprint density at radius 2 is 2.04 bits per heavy atom. The standard InChI is InChI=1S/C19H20N4O3/c20-17-9-19(11-22-17)14-8-13(24)1-2-16(14)26-18-15(19)7-12(10-21-18)23-3-5-25-6-4-23/h1-2,7-10,22,24H,3-6,11,20H2/t19-/m0/s1. The zero-order valence-electron chi connectivity index (χ0n) is 14.2. The van der Waals surface area contributed by atoms with Crippen LogP contribution < -0.4 is 20.7 Å². The van der Waals surface area contributed by atoms with Gasteiger partial charge in [-0.3, -0.25) is 0 Å². The zero-order valence-corrected chi connectivity index (χ0v) is 14.2. The van der Waals surface area contributed by atoms with Crippen molar-refractivity contribution in [2.75, 3.05) is 37.7 Å². The van der Waals surface area contributed by atoms with Crippen molar-refractivity contribution in [3.63, 3.8) is 0 Å². The number of pyridine rings is 1. The van der Waals surface area contributed by atoms with Gasteiger partial charge in [0.05, 0.1) is 36.3 Å². The Balaban J connectivity index is 1.68. The quantitative estimate of drug-likeness (QED) is 0.715. The van der Waals surface area contributed by atoms with Crippen LogP contribution in [0.25, 0.3) is 0 Å². The first-order valence-electron chi connectivity index (χ1n) is 8.72. The van der Waals surface area contributed by atoms with Crippen LogP contribution in [0.15, 0.2) is 42.4 Å². The molecule has 5 rings (SSSR count). The van der Waals surface area contributed by atoms with E-state index in [4.69, 9.17) is 15.2 Å². The number of benzene rings is 1. The number of aromatic nitrogens is 1. The van der Waals surface area contributed by atoms with Crippen LogP contribution in [0.2, 0.25) is 0 Å². The van der Waals surface area contributed by atoms with Crippen molar-refractivity contribution in [1.82, 2.24) is 10.3 Å². The first kappa shape index (κ1) is 15.3. The summed E-state index contributed by atoms with van der Waals surface area (Å²) in [6, 6.07) is 7.26. The minimum absolute atomic E-state index is 0.200. The van der Waals surface area contributed by atoms with Crippen molar-refractivity contribution in [1.29, 1.82) is 0 Å². The van der Waals surface area contributed by atoms with Gasteiger partial charge in [0.15, 0.2) is 0 Å². The molecule has 0 saturated carbocycles. The molecule has 0 aliphatic carbocycles. The predicted octanol–water partition coefficient (Wildman–Crippen LogP) is 1.42. The molecule has 1 aromatic heterocycles. The molecule has 4 heterocycles. The molecule has 0 radical (unpaired) electrons. The van der Waals surface area contributed by atoms with E-state index in [1.165, 1.54) is 0 Å². The van der Waals surface area contributed by atoms with Gasteiger partial charge in [-0.1, -0.05) is 0 Å². The molecule has 1 aromatic carbocycles. The third-order valence-electron chi connectivity index (χ3n) is 5.32. The summed E-state index contributed by atoms with van der Waals surface area (Å²) in [5, 5.41) is 13.3. The number of fused-ring (bicyclic) bond motifs is 4. The van der Waals surface area contributed by atoms with Crippen molar-refractivity contribution in [2.24, 2.45) is 5.73 Å². The van der Waals surface area contributed by atoms with E-state index in [9.17, 15) is 5.11 Å². The fraction of sp³-hybridized carbons (Fsp3) is 0.316. The largest absolute Gasteiger partial charge is 0.508 e. The summed E-state index contributed by atoms with van der Waals surface area (Å²) in [5.41, 5.74) is 8.44. The van der Waals surface area contributed by atoms with E-state index in [0.29, 0.717) is 37.2 Å². The number of phenolic OH excluding ortho intramolecular Hbond substituents is 1. The van der Waals surface area contributed by atoms with E-state index < -0.39 is 5.41 Å². The van der Waals surface area contributed by atoms with Crippen LogP contribution in [0.4, 0.5) is 5.69 Å². The lowest BCUT2D eigenvalue weighted by Crippen LogP contribution is -2.38. The minimum Gasteiger partial charge on any atom is -0.508 e. The molecule has 134 valence electrons. The summed E-state index contributed by atoms with van der Waals surface area (Å²) < 4.78 is 11.5. The molecule has 7 heteroatoms. The van der Waals surface area contributed by atoms with E-state index in [1.807, 2.05) is 12.3 Å². The van der Waals surface area contributed by atoms with Crippen molar-refractivity contribution in [3.05, 3.63) is 53.5 Å². The topological polar surface area (TPSA) is 92.9 Å². The van der Waals surface area contributed by atoms with Gasteiger partial charge in [0.1, 0.15) is 11.5 Å². The van der Waals surface area contributed by atoms with Crippen LogP contribution in [-0.2, 0) is 10.2 Å². The Hall–Kier alpha value is -2.93. The van der Waals surface area contributed by atoms with E-state index in [2.05, 4.69) is 21.3 Å². The van der Waals surface area contributed by atoms with Gasteiger partial charge < -0.3 is 30.5 Å². The number of ether oxygens (including phenoxy) is 2. The summed E-state index contributed by atoms with van der Waals surface area (Å²) in [6.07, 6.45) is 3.84. The molecule has 1 spiro atoms. The number of hydrogen-bond donors (Lipinski definition) is 3. The summed E-state index contributed by atoms with van der Waals surface area (Å²) in [4.78, 5) is 6.86. The molecule has 26 heavy (non-hydrogen) atoms. The number of phenols is 1. The Bertz CT molecular complexity index is 908. The number of morpholine rings is 1. The highest BCUT2D eigenvalue weighted by Crippen LogP contribution is 2.51. The smallest absolute Gasteiger partial charge is 0.223 e. The average molecular weight is 352 g/mol. The number of nitrogens with one attached hydrogen (secondary N) is 1. The molecule has 1 fully saturated rings. The number of nitrogens with zero attached hydrogens (tertiary/aromatic N) is 2. The maximum atomic E-state index is 10.0. The lowest BCUT2D eigenvalue weighted by atomic mass is 9.74. The molecule has 4 N–H and O–H groups in total. The maximum absolute atomic E-state index is 10.0. The molecule has 0 amide bonds. The highest BCUT2D eigenvalue weighted by Gasteiger charge is 2.45. The Kier molecular flexibility index (Phi) is 3.27. The second-order valence-corrected chi connectivity index (χ2v) is 6.85. The number of aromatic hydroxyl groups is 1. The van der Waals surface area contributed by atoms with E-state index in [-0.39, 0.29) is 5.75 Å². The summed E-state index contributed by atoms with van der Waals surface area (Å²) >= 11 is 0. The number of anilines is 1. The van der Waals surface area contributed by atoms with Crippen molar-refractivity contribution >= 4 is 5.69 Å². The minimum atomic E-state index is -0.513. The van der Waals surface area contributed by atoms with Crippen LogP contribution in [-0.4, -0.2) is 42.9 Å². The van der Waals surface area contributed by atoms with Gasteiger partial charge >= 0.3 is 0 Å². The molecular formula is C19H20N4O3. The van der Waals surface area contributed by atoms with Gasteiger partial charge in [-0.05, 0) is 30.3 Å². The van der Waals surface area contributed by atoms with E-state index in [1.54, 1.807) is 18.2 Å². The van der Waals surface area contributed by atoms with Gasteiger partial charge in [0.25, 0.3) is 0 Å². The fourth-order valence-electron chi connectivity index (χ4n) is 4.00. The normalized spacial score (nSPS) is 23.7. The molecule has 0 unspecified atom stereocenters. The van der Waals surface area contributed by atoms with Crippen molar-refractivity contribution in [3.8, 4) is 17.4 Å². The van der Waals surface area contributed by atoms with E-state index in [0.717, 1.165) is 29.9 Å². The Morgan fingerprint density at radius 3 is 2.81 bits per heavy atom. The molecule has 3 aliphatic rings. The molecule has 2 aromatic rings. The van der Waals surface area contributed by atoms with Crippen molar-refractivity contribution < 1.29 is 14.6 Å². The highest BCUT2D eigenvalue weighted by atomic mass is 16.5. The summed E-state index contributed by atoms with van der Waals surface area (Å²) in [5.74, 6) is 2.08. The van der Waals surface area contributed by atoms with Gasteiger partial charge in [0, 0.05) is 30.8 Å². The number of nitrogens with two attached hydrogens (primary N) is 1. The Morgan fingerprint density at radius 1 is 1.19 bits per heavy atom. The van der Waals surface area contributed by atoms with Crippen molar-refractivity contribution in [2.45, 2.75) is 5.41 Å². The second kappa shape index (κ2) is 5.54. The molecule has 7 nitrogen and oxygen atoms in total. The van der Waals surface area contributed by atoms with E-state index >= 15 is 0 Å².